The Balaban J connectivity index is 2.28. The second-order valence-corrected chi connectivity index (χ2v) is 4.54. The van der Waals surface area contributed by atoms with E-state index in [1.165, 1.54) is 6.20 Å². The first-order valence-electron chi connectivity index (χ1n) is 5.00. The first-order chi connectivity index (χ1) is 7.09. The number of amides is 1. The van der Waals surface area contributed by atoms with Crippen LogP contribution in [0.3, 0.4) is 0 Å². The van der Waals surface area contributed by atoms with Crippen LogP contribution in [0.15, 0.2) is 12.4 Å². The number of rotatable bonds is 5. The molecule has 0 radical (unpaired) electrons. The van der Waals surface area contributed by atoms with E-state index in [1.54, 1.807) is 6.20 Å². The van der Waals surface area contributed by atoms with Crippen molar-refractivity contribution in [3.63, 3.8) is 0 Å². The highest BCUT2D eigenvalue weighted by molar-refractivity contribution is 6.20. The SMILES string of the molecule is CC(C)CC(Cl)CNC(=O)c1cn[nH]c1. The maximum absolute atomic E-state index is 11.5. The van der Waals surface area contributed by atoms with Gasteiger partial charge in [-0.2, -0.15) is 5.10 Å². The minimum Gasteiger partial charge on any atom is -0.350 e. The molecule has 0 bridgehead atoms. The van der Waals surface area contributed by atoms with Crippen molar-refractivity contribution in [1.82, 2.24) is 15.5 Å². The van der Waals surface area contributed by atoms with Gasteiger partial charge >= 0.3 is 0 Å². The number of carbonyl (C=O) groups is 1. The van der Waals surface area contributed by atoms with Crippen molar-refractivity contribution in [3.8, 4) is 0 Å². The summed E-state index contributed by atoms with van der Waals surface area (Å²) in [6, 6.07) is 0. The third kappa shape index (κ3) is 4.34. The van der Waals surface area contributed by atoms with Crippen molar-refractivity contribution in [2.24, 2.45) is 5.92 Å². The van der Waals surface area contributed by atoms with Crippen LogP contribution in [-0.2, 0) is 0 Å². The van der Waals surface area contributed by atoms with Gasteiger partial charge in [0.15, 0.2) is 0 Å². The quantitative estimate of drug-likeness (QED) is 0.757. The number of alkyl halides is 1. The summed E-state index contributed by atoms with van der Waals surface area (Å²) in [6.07, 6.45) is 3.94. The standard InChI is InChI=1S/C10H16ClN3O/c1-7(2)3-9(11)6-12-10(15)8-4-13-14-5-8/h4-5,7,9H,3,6H2,1-2H3,(H,12,15)(H,13,14). The molecule has 1 rings (SSSR count). The molecule has 0 saturated carbocycles. The number of H-pyrrole nitrogens is 1. The fourth-order valence-electron chi connectivity index (χ4n) is 1.28. The largest absolute Gasteiger partial charge is 0.350 e. The van der Waals surface area contributed by atoms with Crippen molar-refractivity contribution < 1.29 is 4.79 Å². The van der Waals surface area contributed by atoms with E-state index in [2.05, 4.69) is 29.4 Å². The molecule has 1 atom stereocenters. The van der Waals surface area contributed by atoms with Crippen LogP contribution in [-0.4, -0.2) is 28.0 Å². The van der Waals surface area contributed by atoms with Crippen LogP contribution in [0.25, 0.3) is 0 Å². The monoisotopic (exact) mass is 229 g/mol. The molecule has 84 valence electrons. The molecule has 0 aliphatic rings. The molecule has 5 heteroatoms. The van der Waals surface area contributed by atoms with Crippen molar-refractivity contribution in [2.75, 3.05) is 6.54 Å². The summed E-state index contributed by atoms with van der Waals surface area (Å²) < 4.78 is 0. The van der Waals surface area contributed by atoms with Gasteiger partial charge in [-0.25, -0.2) is 0 Å². The Kier molecular flexibility index (Phi) is 4.62. The smallest absolute Gasteiger partial charge is 0.254 e. The van der Waals surface area contributed by atoms with Crippen molar-refractivity contribution in [2.45, 2.75) is 25.6 Å². The van der Waals surface area contributed by atoms with E-state index in [4.69, 9.17) is 11.6 Å². The van der Waals surface area contributed by atoms with Gasteiger partial charge in [-0.15, -0.1) is 11.6 Å². The fraction of sp³-hybridized carbons (Fsp3) is 0.600. The Morgan fingerprint density at radius 1 is 1.67 bits per heavy atom. The van der Waals surface area contributed by atoms with Crippen LogP contribution in [0.2, 0.25) is 0 Å². The summed E-state index contributed by atoms with van der Waals surface area (Å²) in [5, 5.41) is 9.03. The number of halogens is 1. The molecule has 0 spiro atoms. The zero-order valence-electron chi connectivity index (χ0n) is 8.96. The molecular formula is C10H16ClN3O. The van der Waals surface area contributed by atoms with E-state index in [0.29, 0.717) is 18.0 Å². The molecule has 1 unspecified atom stereocenters. The number of nitrogens with zero attached hydrogens (tertiary/aromatic N) is 1. The number of hydrogen-bond donors (Lipinski definition) is 2. The minimum absolute atomic E-state index is 0.0131. The van der Waals surface area contributed by atoms with Crippen molar-refractivity contribution in [3.05, 3.63) is 18.0 Å². The lowest BCUT2D eigenvalue weighted by Gasteiger charge is -2.12. The number of carbonyl (C=O) groups excluding carboxylic acids is 1. The molecule has 1 aromatic heterocycles. The number of aromatic nitrogens is 2. The zero-order chi connectivity index (χ0) is 11.3. The van der Waals surface area contributed by atoms with Gasteiger partial charge < -0.3 is 5.32 Å². The van der Waals surface area contributed by atoms with Crippen LogP contribution in [0.1, 0.15) is 30.6 Å². The topological polar surface area (TPSA) is 57.8 Å². The van der Waals surface area contributed by atoms with E-state index < -0.39 is 0 Å². The van der Waals surface area contributed by atoms with Crippen LogP contribution in [0, 0.1) is 5.92 Å². The molecule has 0 aromatic carbocycles. The van der Waals surface area contributed by atoms with Crippen LogP contribution < -0.4 is 5.32 Å². The normalized spacial score (nSPS) is 12.8. The van der Waals surface area contributed by atoms with Gasteiger partial charge in [0.25, 0.3) is 5.91 Å². The maximum Gasteiger partial charge on any atom is 0.254 e. The van der Waals surface area contributed by atoms with E-state index >= 15 is 0 Å². The zero-order valence-corrected chi connectivity index (χ0v) is 9.71. The Hall–Kier alpha value is -1.03. The number of hydrogen-bond acceptors (Lipinski definition) is 2. The first kappa shape index (κ1) is 12.0. The molecule has 15 heavy (non-hydrogen) atoms. The lowest BCUT2D eigenvalue weighted by Crippen LogP contribution is -2.30. The van der Waals surface area contributed by atoms with Gasteiger partial charge in [-0.3, -0.25) is 9.89 Å². The third-order valence-corrected chi connectivity index (χ3v) is 2.30. The summed E-state index contributed by atoms with van der Waals surface area (Å²) in [7, 11) is 0. The molecule has 0 aliphatic carbocycles. The lowest BCUT2D eigenvalue weighted by atomic mass is 10.1. The highest BCUT2D eigenvalue weighted by Gasteiger charge is 2.10. The van der Waals surface area contributed by atoms with E-state index in [1.807, 2.05) is 0 Å². The molecule has 1 heterocycles. The molecule has 4 nitrogen and oxygen atoms in total. The fourth-order valence-corrected chi connectivity index (χ4v) is 1.71. The van der Waals surface area contributed by atoms with E-state index in [9.17, 15) is 4.79 Å². The average Bonchev–Trinajstić information content (AvgIpc) is 2.65. The highest BCUT2D eigenvalue weighted by atomic mass is 35.5. The van der Waals surface area contributed by atoms with Gasteiger partial charge in [0.05, 0.1) is 17.1 Å². The third-order valence-electron chi connectivity index (χ3n) is 1.97. The van der Waals surface area contributed by atoms with Gasteiger partial charge in [-0.05, 0) is 12.3 Å². The molecule has 0 fully saturated rings. The van der Waals surface area contributed by atoms with Gasteiger partial charge in [0, 0.05) is 12.7 Å². The summed E-state index contributed by atoms with van der Waals surface area (Å²) in [5.41, 5.74) is 0.531. The Labute approximate surface area is 94.4 Å². The average molecular weight is 230 g/mol. The van der Waals surface area contributed by atoms with Crippen molar-refractivity contribution >= 4 is 17.5 Å². The molecular weight excluding hydrogens is 214 g/mol. The highest BCUT2D eigenvalue weighted by Crippen LogP contribution is 2.09. The first-order valence-corrected chi connectivity index (χ1v) is 5.44. The molecule has 1 aromatic rings. The minimum atomic E-state index is -0.141. The molecule has 2 N–H and O–H groups in total. The predicted octanol–water partition coefficient (Wildman–Crippen LogP) is 1.79. The summed E-state index contributed by atoms with van der Waals surface area (Å²) in [6.45, 7) is 4.70. The Morgan fingerprint density at radius 2 is 2.40 bits per heavy atom. The number of aromatic amines is 1. The molecule has 0 aliphatic heterocycles. The van der Waals surface area contributed by atoms with E-state index in [-0.39, 0.29) is 11.3 Å². The summed E-state index contributed by atoms with van der Waals surface area (Å²) >= 11 is 6.04. The van der Waals surface area contributed by atoms with Gasteiger partial charge in [0.2, 0.25) is 0 Å². The molecule has 1 amide bonds. The summed E-state index contributed by atoms with van der Waals surface area (Å²) in [4.78, 5) is 11.5. The Morgan fingerprint density at radius 3 is 2.93 bits per heavy atom. The summed E-state index contributed by atoms with van der Waals surface area (Å²) in [5.74, 6) is 0.400. The second kappa shape index (κ2) is 5.75. The lowest BCUT2D eigenvalue weighted by molar-refractivity contribution is 0.0953. The van der Waals surface area contributed by atoms with Gasteiger partial charge in [-0.1, -0.05) is 13.8 Å². The predicted molar refractivity (Wildman–Crippen MR) is 60.0 cm³/mol. The Bertz CT molecular complexity index is 298. The van der Waals surface area contributed by atoms with Crippen LogP contribution >= 0.6 is 11.6 Å². The molecule has 0 saturated heterocycles. The van der Waals surface area contributed by atoms with Crippen LogP contribution in [0.4, 0.5) is 0 Å². The van der Waals surface area contributed by atoms with Crippen molar-refractivity contribution in [1.29, 1.82) is 0 Å². The van der Waals surface area contributed by atoms with Gasteiger partial charge in [0.1, 0.15) is 0 Å². The van der Waals surface area contributed by atoms with E-state index in [0.717, 1.165) is 6.42 Å². The van der Waals surface area contributed by atoms with Crippen LogP contribution in [0.5, 0.6) is 0 Å². The maximum atomic E-state index is 11.5. The second-order valence-electron chi connectivity index (χ2n) is 3.92. The number of nitrogens with one attached hydrogen (secondary N) is 2.